The van der Waals surface area contributed by atoms with Crippen molar-refractivity contribution >= 4 is 29.2 Å². The van der Waals surface area contributed by atoms with Crippen LogP contribution in [0.3, 0.4) is 0 Å². The number of nitrogens with zero attached hydrogens (tertiary/aromatic N) is 4. The van der Waals surface area contributed by atoms with Gasteiger partial charge < -0.3 is 9.64 Å². The molecule has 2 heterocycles. The Morgan fingerprint density at radius 3 is 2.44 bits per heavy atom. The topological polar surface area (TPSA) is 51.1 Å². The van der Waals surface area contributed by atoms with Crippen LogP contribution in [0.15, 0.2) is 0 Å². The van der Waals surface area contributed by atoms with E-state index in [0.29, 0.717) is 12.6 Å². The summed E-state index contributed by atoms with van der Waals surface area (Å²) < 4.78 is 5.52. The highest BCUT2D eigenvalue weighted by Crippen LogP contribution is 2.20. The Labute approximate surface area is 104 Å². The highest BCUT2D eigenvalue weighted by molar-refractivity contribution is 6.31. The number of morpholine rings is 1. The Bertz CT molecular complexity index is 370. The Morgan fingerprint density at radius 2 is 1.81 bits per heavy atom. The first kappa shape index (κ1) is 11.8. The molecule has 16 heavy (non-hydrogen) atoms. The molecule has 0 aromatic carbocycles. The number of rotatable bonds is 1. The van der Waals surface area contributed by atoms with E-state index in [1.165, 1.54) is 0 Å². The average Bonchev–Trinajstić information content (AvgIpc) is 2.20. The minimum absolute atomic E-state index is 0.112. The first-order valence-electron chi connectivity index (χ1n) is 5.01. The maximum absolute atomic E-state index is 5.75. The van der Waals surface area contributed by atoms with Gasteiger partial charge in [-0.15, -0.1) is 0 Å². The first-order chi connectivity index (χ1) is 7.56. The molecule has 0 amide bonds. The van der Waals surface area contributed by atoms with E-state index in [1.807, 2.05) is 18.7 Å². The summed E-state index contributed by atoms with van der Waals surface area (Å²) in [6.07, 6.45) is 0.144. The summed E-state index contributed by atoms with van der Waals surface area (Å²) in [5.74, 6) is 0.507. The molecule has 0 bridgehead atoms. The fourth-order valence-electron chi connectivity index (χ4n) is 1.63. The predicted octanol–water partition coefficient (Wildman–Crippen LogP) is 1.79. The van der Waals surface area contributed by atoms with Gasteiger partial charge in [-0.3, -0.25) is 0 Å². The zero-order chi connectivity index (χ0) is 11.7. The molecule has 0 aliphatic carbocycles. The maximum Gasteiger partial charge on any atom is 0.231 e. The lowest BCUT2D eigenvalue weighted by Crippen LogP contribution is -2.48. The summed E-state index contributed by atoms with van der Waals surface area (Å²) in [5, 5.41) is 0.225. The van der Waals surface area contributed by atoms with Crippen LogP contribution in [0, 0.1) is 0 Å². The molecule has 1 saturated heterocycles. The van der Waals surface area contributed by atoms with Crippen molar-refractivity contribution in [2.24, 2.45) is 0 Å². The van der Waals surface area contributed by atoms with Gasteiger partial charge in [0.05, 0.1) is 18.8 Å². The van der Waals surface area contributed by atoms with E-state index in [2.05, 4.69) is 15.0 Å². The van der Waals surface area contributed by atoms with Crippen LogP contribution in [0.4, 0.5) is 5.95 Å². The van der Waals surface area contributed by atoms with Crippen LogP contribution >= 0.6 is 23.2 Å². The zero-order valence-corrected chi connectivity index (χ0v) is 10.5. The van der Waals surface area contributed by atoms with Crippen LogP contribution < -0.4 is 4.90 Å². The van der Waals surface area contributed by atoms with E-state index in [4.69, 9.17) is 27.9 Å². The Hall–Kier alpha value is -0.650. The lowest BCUT2D eigenvalue weighted by atomic mass is 10.2. The van der Waals surface area contributed by atoms with Gasteiger partial charge in [0.2, 0.25) is 16.5 Å². The molecule has 7 heteroatoms. The fraction of sp³-hybridized carbons (Fsp3) is 0.667. The fourth-order valence-corrected chi connectivity index (χ4v) is 1.98. The Kier molecular flexibility index (Phi) is 3.47. The molecular weight excluding hydrogens is 251 g/mol. The van der Waals surface area contributed by atoms with Crippen molar-refractivity contribution in [2.75, 3.05) is 18.1 Å². The molecule has 0 saturated carbocycles. The third-order valence-corrected chi connectivity index (χ3v) is 2.77. The standard InChI is InChI=1S/C9H12Cl2N4O/c1-5-4-16-6(2)3-15(5)9-13-7(10)12-8(11)14-9/h5-6H,3-4H2,1-2H3. The van der Waals surface area contributed by atoms with Gasteiger partial charge in [0.1, 0.15) is 0 Å². The number of hydrogen-bond donors (Lipinski definition) is 0. The van der Waals surface area contributed by atoms with Crippen LogP contribution in [0.1, 0.15) is 13.8 Å². The number of halogens is 2. The van der Waals surface area contributed by atoms with E-state index >= 15 is 0 Å². The summed E-state index contributed by atoms with van der Waals surface area (Å²) in [6.45, 7) is 5.40. The normalized spacial score (nSPS) is 25.9. The second-order valence-corrected chi connectivity index (χ2v) is 4.49. The van der Waals surface area contributed by atoms with Gasteiger partial charge in [0.25, 0.3) is 0 Å². The van der Waals surface area contributed by atoms with Crippen molar-refractivity contribution in [3.05, 3.63) is 10.6 Å². The average molecular weight is 263 g/mol. The quantitative estimate of drug-likeness (QED) is 0.773. The SMILES string of the molecule is CC1CN(c2nc(Cl)nc(Cl)n2)C(C)CO1. The summed E-state index contributed by atoms with van der Waals surface area (Å²) in [7, 11) is 0. The Morgan fingerprint density at radius 1 is 1.19 bits per heavy atom. The van der Waals surface area contributed by atoms with Crippen LogP contribution in [-0.4, -0.2) is 40.2 Å². The maximum atomic E-state index is 5.75. The van der Waals surface area contributed by atoms with E-state index in [0.717, 1.165) is 6.54 Å². The van der Waals surface area contributed by atoms with Crippen molar-refractivity contribution in [2.45, 2.75) is 26.0 Å². The molecule has 2 rings (SSSR count). The number of ether oxygens (including phenoxy) is 1. The third kappa shape index (κ3) is 2.53. The van der Waals surface area contributed by atoms with Crippen LogP contribution in [0.2, 0.25) is 10.6 Å². The molecule has 5 nitrogen and oxygen atoms in total. The molecule has 1 fully saturated rings. The van der Waals surface area contributed by atoms with Gasteiger partial charge in [0.15, 0.2) is 0 Å². The lowest BCUT2D eigenvalue weighted by Gasteiger charge is -2.36. The highest BCUT2D eigenvalue weighted by atomic mass is 35.5. The molecule has 1 aliphatic rings. The minimum atomic E-state index is 0.112. The Balaban J connectivity index is 2.27. The summed E-state index contributed by atoms with van der Waals surface area (Å²) in [5.41, 5.74) is 0. The van der Waals surface area contributed by atoms with E-state index in [9.17, 15) is 0 Å². The summed E-state index contributed by atoms with van der Waals surface area (Å²) in [4.78, 5) is 13.9. The molecule has 1 aromatic heterocycles. The second kappa shape index (κ2) is 4.69. The molecule has 0 spiro atoms. The minimum Gasteiger partial charge on any atom is -0.375 e. The van der Waals surface area contributed by atoms with Crippen molar-refractivity contribution in [1.29, 1.82) is 0 Å². The number of aromatic nitrogens is 3. The lowest BCUT2D eigenvalue weighted by molar-refractivity contribution is 0.0337. The highest BCUT2D eigenvalue weighted by Gasteiger charge is 2.26. The van der Waals surface area contributed by atoms with Gasteiger partial charge >= 0.3 is 0 Å². The number of anilines is 1. The van der Waals surface area contributed by atoms with Gasteiger partial charge in [-0.25, -0.2) is 0 Å². The van der Waals surface area contributed by atoms with Crippen LogP contribution in [-0.2, 0) is 4.74 Å². The molecule has 0 radical (unpaired) electrons. The van der Waals surface area contributed by atoms with Gasteiger partial charge in [-0.05, 0) is 37.0 Å². The molecule has 88 valence electrons. The third-order valence-electron chi connectivity index (χ3n) is 2.43. The smallest absolute Gasteiger partial charge is 0.231 e. The molecule has 1 aromatic rings. The van der Waals surface area contributed by atoms with E-state index < -0.39 is 0 Å². The number of hydrogen-bond acceptors (Lipinski definition) is 5. The van der Waals surface area contributed by atoms with Crippen LogP contribution in [0.5, 0.6) is 0 Å². The monoisotopic (exact) mass is 262 g/mol. The molecular formula is C9H12Cl2N4O. The molecule has 0 N–H and O–H groups in total. The van der Waals surface area contributed by atoms with Crippen molar-refractivity contribution in [1.82, 2.24) is 15.0 Å². The van der Waals surface area contributed by atoms with Crippen molar-refractivity contribution in [3.63, 3.8) is 0 Å². The predicted molar refractivity (Wildman–Crippen MR) is 62.1 cm³/mol. The molecule has 2 unspecified atom stereocenters. The molecule has 1 aliphatic heterocycles. The van der Waals surface area contributed by atoms with Crippen LogP contribution in [0.25, 0.3) is 0 Å². The van der Waals surface area contributed by atoms with E-state index in [-0.39, 0.29) is 22.7 Å². The van der Waals surface area contributed by atoms with Gasteiger partial charge in [-0.1, -0.05) is 0 Å². The van der Waals surface area contributed by atoms with Crippen molar-refractivity contribution in [3.8, 4) is 0 Å². The van der Waals surface area contributed by atoms with Gasteiger partial charge in [0, 0.05) is 6.54 Å². The molecule has 2 atom stereocenters. The largest absolute Gasteiger partial charge is 0.375 e. The second-order valence-electron chi connectivity index (χ2n) is 3.82. The summed E-state index contributed by atoms with van der Waals surface area (Å²) in [6, 6.07) is 0.200. The zero-order valence-electron chi connectivity index (χ0n) is 9.02. The van der Waals surface area contributed by atoms with Gasteiger partial charge in [-0.2, -0.15) is 15.0 Å². The first-order valence-corrected chi connectivity index (χ1v) is 5.77. The summed E-state index contributed by atoms with van der Waals surface area (Å²) >= 11 is 11.5. The van der Waals surface area contributed by atoms with Crippen molar-refractivity contribution < 1.29 is 4.74 Å². The van der Waals surface area contributed by atoms with E-state index in [1.54, 1.807) is 0 Å².